The average molecular weight is 219 g/mol. The van der Waals surface area contributed by atoms with Gasteiger partial charge in [0, 0.05) is 0 Å². The Morgan fingerprint density at radius 2 is 2.07 bits per heavy atom. The van der Waals surface area contributed by atoms with E-state index in [0.717, 1.165) is 0 Å². The van der Waals surface area contributed by atoms with Gasteiger partial charge in [-0.05, 0) is 12.1 Å². The molecule has 2 nitrogen and oxygen atoms in total. The molecule has 0 aliphatic heterocycles. The topological polar surface area (TPSA) is 22.1 Å². The molecule has 1 heterocycles. The number of hydrogen-bond acceptors (Lipinski definition) is 3. The van der Waals surface area contributed by atoms with Gasteiger partial charge < -0.3 is 4.74 Å². The van der Waals surface area contributed by atoms with Gasteiger partial charge in [-0.15, -0.1) is 24.5 Å². The molecule has 0 fully saturated rings. The fraction of sp³-hybridized carbons (Fsp3) is 0.125. The molecule has 74 valence electrons. The van der Waals surface area contributed by atoms with Crippen molar-refractivity contribution in [3.63, 3.8) is 0 Å². The highest BCUT2D eigenvalue weighted by molar-refractivity contribution is 7.16. The number of hydrogen-bond donors (Lipinski definition) is 0. The molecule has 0 aliphatic carbocycles. The van der Waals surface area contributed by atoms with Crippen LogP contribution in [0.2, 0.25) is 0 Å². The van der Waals surface area contributed by atoms with Crippen LogP contribution >= 0.6 is 11.3 Å². The van der Waals surface area contributed by atoms with Gasteiger partial charge >= 0.3 is 6.36 Å². The first-order valence-corrected chi connectivity index (χ1v) is 4.52. The number of rotatable bonds is 1. The highest BCUT2D eigenvalue weighted by Crippen LogP contribution is 2.30. The lowest BCUT2D eigenvalue weighted by atomic mass is 10.3. The molecular formula is C8H4F3NOS. The highest BCUT2D eigenvalue weighted by atomic mass is 32.1. The van der Waals surface area contributed by atoms with E-state index < -0.39 is 6.36 Å². The number of para-hydroxylation sites is 1. The predicted octanol–water partition coefficient (Wildman–Crippen LogP) is 3.19. The number of ether oxygens (including phenoxy) is 1. The van der Waals surface area contributed by atoms with Gasteiger partial charge in [-0.2, -0.15) is 0 Å². The first kappa shape index (κ1) is 9.26. The second kappa shape index (κ2) is 3.13. The molecule has 0 aliphatic rings. The lowest BCUT2D eigenvalue weighted by Gasteiger charge is -2.08. The van der Waals surface area contributed by atoms with E-state index in [0.29, 0.717) is 4.70 Å². The van der Waals surface area contributed by atoms with Crippen LogP contribution in [0.1, 0.15) is 0 Å². The molecule has 0 N–H and O–H groups in total. The minimum absolute atomic E-state index is 0.245. The SMILES string of the molecule is FC(F)(F)Oc1cccc2scnc12. The molecule has 1 aromatic carbocycles. The van der Waals surface area contributed by atoms with E-state index in [9.17, 15) is 13.2 Å². The molecule has 0 unspecified atom stereocenters. The van der Waals surface area contributed by atoms with Crippen LogP contribution in [0.4, 0.5) is 13.2 Å². The number of halogens is 3. The van der Waals surface area contributed by atoms with Crippen LogP contribution in [0.3, 0.4) is 0 Å². The van der Waals surface area contributed by atoms with Gasteiger partial charge in [0.15, 0.2) is 5.75 Å². The molecule has 14 heavy (non-hydrogen) atoms. The number of aromatic nitrogens is 1. The Hall–Kier alpha value is -1.30. The van der Waals surface area contributed by atoms with Gasteiger partial charge in [-0.1, -0.05) is 6.07 Å². The number of alkyl halides is 3. The average Bonchev–Trinajstić information content (AvgIpc) is 2.49. The zero-order valence-electron chi connectivity index (χ0n) is 6.71. The van der Waals surface area contributed by atoms with Gasteiger partial charge in [-0.25, -0.2) is 4.98 Å². The van der Waals surface area contributed by atoms with E-state index in [1.165, 1.54) is 29.0 Å². The molecule has 1 aromatic heterocycles. The summed E-state index contributed by atoms with van der Waals surface area (Å²) in [5, 5.41) is 0. The van der Waals surface area contributed by atoms with E-state index >= 15 is 0 Å². The second-order valence-electron chi connectivity index (χ2n) is 2.50. The summed E-state index contributed by atoms with van der Waals surface area (Å²) in [7, 11) is 0. The van der Waals surface area contributed by atoms with Crippen molar-refractivity contribution in [1.82, 2.24) is 4.98 Å². The summed E-state index contributed by atoms with van der Waals surface area (Å²) >= 11 is 1.27. The monoisotopic (exact) mass is 219 g/mol. The van der Waals surface area contributed by atoms with Crippen LogP contribution in [0.25, 0.3) is 10.2 Å². The third kappa shape index (κ3) is 1.79. The zero-order valence-corrected chi connectivity index (χ0v) is 7.52. The summed E-state index contributed by atoms with van der Waals surface area (Å²) < 4.78 is 40.3. The Kier molecular flexibility index (Phi) is 2.07. The summed E-state index contributed by atoms with van der Waals surface area (Å²) in [6, 6.07) is 4.44. The Labute approximate surface area is 80.9 Å². The van der Waals surface area contributed by atoms with Crippen molar-refractivity contribution in [2.75, 3.05) is 0 Å². The first-order chi connectivity index (χ1) is 6.56. The van der Waals surface area contributed by atoms with Crippen LogP contribution in [-0.4, -0.2) is 11.3 Å². The molecule has 0 amide bonds. The maximum atomic E-state index is 11.9. The number of thiazole rings is 1. The third-order valence-corrected chi connectivity index (χ3v) is 2.34. The van der Waals surface area contributed by atoms with Crippen molar-refractivity contribution >= 4 is 21.6 Å². The van der Waals surface area contributed by atoms with Crippen molar-refractivity contribution in [3.8, 4) is 5.75 Å². The fourth-order valence-corrected chi connectivity index (χ4v) is 1.76. The quantitative estimate of drug-likeness (QED) is 0.734. The number of fused-ring (bicyclic) bond motifs is 1. The van der Waals surface area contributed by atoms with E-state index in [2.05, 4.69) is 9.72 Å². The van der Waals surface area contributed by atoms with Gasteiger partial charge in [0.05, 0.1) is 10.2 Å². The minimum atomic E-state index is -4.67. The van der Waals surface area contributed by atoms with Crippen LogP contribution in [0.15, 0.2) is 23.7 Å². The second-order valence-corrected chi connectivity index (χ2v) is 3.39. The molecule has 0 saturated carbocycles. The minimum Gasteiger partial charge on any atom is -0.403 e. The Morgan fingerprint density at radius 1 is 1.29 bits per heavy atom. The molecule has 0 atom stereocenters. The zero-order chi connectivity index (χ0) is 10.2. The van der Waals surface area contributed by atoms with Gasteiger partial charge in [0.25, 0.3) is 0 Å². The largest absolute Gasteiger partial charge is 0.573 e. The molecule has 2 aromatic rings. The summed E-state index contributed by atoms with van der Waals surface area (Å²) in [5.41, 5.74) is 1.73. The van der Waals surface area contributed by atoms with Crippen molar-refractivity contribution < 1.29 is 17.9 Å². The number of benzene rings is 1. The van der Waals surface area contributed by atoms with Crippen molar-refractivity contribution in [2.24, 2.45) is 0 Å². The Bertz CT molecular complexity index is 451. The Balaban J connectivity index is 2.46. The summed E-state index contributed by atoms with van der Waals surface area (Å²) in [4.78, 5) is 3.80. The molecular weight excluding hydrogens is 215 g/mol. The van der Waals surface area contributed by atoms with Gasteiger partial charge in [-0.3, -0.25) is 0 Å². The summed E-state index contributed by atoms with van der Waals surface area (Å²) in [6.45, 7) is 0. The van der Waals surface area contributed by atoms with Crippen molar-refractivity contribution in [2.45, 2.75) is 6.36 Å². The van der Waals surface area contributed by atoms with E-state index in [-0.39, 0.29) is 11.3 Å². The standard InChI is InChI=1S/C8H4F3NOS/c9-8(10,11)13-5-2-1-3-6-7(5)12-4-14-6/h1-4H. The lowest BCUT2D eigenvalue weighted by Crippen LogP contribution is -2.17. The predicted molar refractivity (Wildman–Crippen MR) is 46.3 cm³/mol. The lowest BCUT2D eigenvalue weighted by molar-refractivity contribution is -0.274. The fourth-order valence-electron chi connectivity index (χ4n) is 1.07. The molecule has 0 radical (unpaired) electrons. The van der Waals surface area contributed by atoms with E-state index in [4.69, 9.17) is 0 Å². The van der Waals surface area contributed by atoms with Crippen molar-refractivity contribution in [1.29, 1.82) is 0 Å². The molecule has 6 heteroatoms. The van der Waals surface area contributed by atoms with Crippen LogP contribution in [0, 0.1) is 0 Å². The van der Waals surface area contributed by atoms with Crippen LogP contribution in [0.5, 0.6) is 5.75 Å². The van der Waals surface area contributed by atoms with Crippen LogP contribution in [-0.2, 0) is 0 Å². The Morgan fingerprint density at radius 3 is 2.79 bits per heavy atom. The summed E-state index contributed by atoms with van der Waals surface area (Å²) in [6.07, 6.45) is -4.67. The number of nitrogens with zero attached hydrogens (tertiary/aromatic N) is 1. The molecule has 0 saturated heterocycles. The smallest absolute Gasteiger partial charge is 0.403 e. The first-order valence-electron chi connectivity index (χ1n) is 3.64. The van der Waals surface area contributed by atoms with E-state index in [1.54, 1.807) is 6.07 Å². The maximum absolute atomic E-state index is 11.9. The highest BCUT2D eigenvalue weighted by Gasteiger charge is 2.32. The summed E-state index contributed by atoms with van der Waals surface area (Å²) in [5.74, 6) is -0.253. The van der Waals surface area contributed by atoms with Crippen LogP contribution < -0.4 is 4.74 Å². The molecule has 0 bridgehead atoms. The third-order valence-electron chi connectivity index (χ3n) is 1.55. The van der Waals surface area contributed by atoms with Gasteiger partial charge in [0.2, 0.25) is 0 Å². The molecule has 0 spiro atoms. The maximum Gasteiger partial charge on any atom is 0.573 e. The van der Waals surface area contributed by atoms with Crippen molar-refractivity contribution in [3.05, 3.63) is 23.7 Å². The van der Waals surface area contributed by atoms with Gasteiger partial charge in [0.1, 0.15) is 5.52 Å². The molecule has 2 rings (SSSR count). The normalized spacial score (nSPS) is 11.9. The van der Waals surface area contributed by atoms with E-state index in [1.807, 2.05) is 0 Å².